The molecule has 1 aromatic carbocycles. The van der Waals surface area contributed by atoms with E-state index in [0.717, 1.165) is 48.6 Å². The molecule has 1 aliphatic heterocycles. The summed E-state index contributed by atoms with van der Waals surface area (Å²) in [4.78, 5) is 15.0. The van der Waals surface area contributed by atoms with Gasteiger partial charge in [-0.05, 0) is 68.9 Å². The van der Waals surface area contributed by atoms with Crippen LogP contribution in [0, 0.1) is 31.5 Å². The van der Waals surface area contributed by atoms with Gasteiger partial charge in [0.2, 0.25) is 0 Å². The Labute approximate surface area is 159 Å². The SMILES string of the molecule is Cc1cc(C(=O)N2CC3CCC(N)C3C2)c(C)n1-c1ccc(F)cc1.Cl. The number of carbonyl (C=O) groups excluding carboxylic acids is 1. The van der Waals surface area contributed by atoms with Crippen LogP contribution in [-0.4, -0.2) is 34.5 Å². The zero-order valence-corrected chi connectivity index (χ0v) is 15.9. The Hall–Kier alpha value is -1.85. The van der Waals surface area contributed by atoms with Gasteiger partial charge in [-0.3, -0.25) is 4.79 Å². The number of aryl methyl sites for hydroxylation is 1. The number of carbonyl (C=O) groups is 1. The molecule has 140 valence electrons. The highest BCUT2D eigenvalue weighted by atomic mass is 35.5. The summed E-state index contributed by atoms with van der Waals surface area (Å²) in [5, 5.41) is 0. The molecule has 2 aliphatic rings. The summed E-state index contributed by atoms with van der Waals surface area (Å²) >= 11 is 0. The van der Waals surface area contributed by atoms with Gasteiger partial charge in [-0.1, -0.05) is 0 Å². The second kappa shape index (κ2) is 7.05. The predicted octanol–water partition coefficient (Wildman–Crippen LogP) is 3.46. The van der Waals surface area contributed by atoms with Crippen molar-refractivity contribution in [3.63, 3.8) is 0 Å². The second-order valence-corrected chi connectivity index (χ2v) is 7.47. The first-order valence-electron chi connectivity index (χ1n) is 8.95. The molecule has 3 unspecified atom stereocenters. The van der Waals surface area contributed by atoms with Gasteiger partial charge in [0.1, 0.15) is 5.82 Å². The molecule has 26 heavy (non-hydrogen) atoms. The largest absolute Gasteiger partial charge is 0.338 e. The third-order valence-electron chi connectivity index (χ3n) is 5.95. The lowest BCUT2D eigenvalue weighted by Gasteiger charge is -2.19. The second-order valence-electron chi connectivity index (χ2n) is 7.47. The predicted molar refractivity (Wildman–Crippen MR) is 103 cm³/mol. The van der Waals surface area contributed by atoms with Crippen LogP contribution in [-0.2, 0) is 0 Å². The van der Waals surface area contributed by atoms with Gasteiger partial charge in [-0.25, -0.2) is 4.39 Å². The van der Waals surface area contributed by atoms with Crippen LogP contribution >= 0.6 is 12.4 Å². The first kappa shape index (κ1) is 18.9. The molecule has 1 amide bonds. The van der Waals surface area contributed by atoms with E-state index >= 15 is 0 Å². The molecular formula is C20H25ClFN3O. The summed E-state index contributed by atoms with van der Waals surface area (Å²) in [5.41, 5.74) is 9.67. The van der Waals surface area contributed by atoms with E-state index in [1.165, 1.54) is 12.1 Å². The quantitative estimate of drug-likeness (QED) is 0.871. The minimum absolute atomic E-state index is 0. The van der Waals surface area contributed by atoms with Crippen molar-refractivity contribution in [3.05, 3.63) is 53.1 Å². The molecule has 6 heteroatoms. The maximum absolute atomic E-state index is 13.2. The van der Waals surface area contributed by atoms with Crippen LogP contribution in [0.2, 0.25) is 0 Å². The highest BCUT2D eigenvalue weighted by molar-refractivity contribution is 5.96. The molecule has 1 saturated heterocycles. The molecule has 2 heterocycles. The lowest BCUT2D eigenvalue weighted by molar-refractivity contribution is 0.0779. The topological polar surface area (TPSA) is 51.3 Å². The number of nitrogens with zero attached hydrogens (tertiary/aromatic N) is 2. The fraction of sp³-hybridized carbons (Fsp3) is 0.450. The molecule has 4 rings (SSSR count). The van der Waals surface area contributed by atoms with E-state index in [9.17, 15) is 9.18 Å². The van der Waals surface area contributed by atoms with E-state index in [2.05, 4.69) is 0 Å². The average molecular weight is 378 g/mol. The van der Waals surface area contributed by atoms with Crippen molar-refractivity contribution in [3.8, 4) is 5.69 Å². The number of likely N-dealkylation sites (tertiary alicyclic amines) is 1. The van der Waals surface area contributed by atoms with Crippen molar-refractivity contribution < 1.29 is 9.18 Å². The molecule has 4 nitrogen and oxygen atoms in total. The summed E-state index contributed by atoms with van der Waals surface area (Å²) < 4.78 is 15.2. The summed E-state index contributed by atoms with van der Waals surface area (Å²) in [6.45, 7) is 5.51. The minimum Gasteiger partial charge on any atom is -0.338 e. The Morgan fingerprint density at radius 3 is 2.50 bits per heavy atom. The Balaban J connectivity index is 0.00000196. The third kappa shape index (κ3) is 3.03. The number of fused-ring (bicyclic) bond motifs is 1. The lowest BCUT2D eigenvalue weighted by Crippen LogP contribution is -2.33. The van der Waals surface area contributed by atoms with Crippen molar-refractivity contribution in [2.75, 3.05) is 13.1 Å². The van der Waals surface area contributed by atoms with E-state index in [1.807, 2.05) is 29.4 Å². The molecule has 2 fully saturated rings. The number of halogens is 2. The molecule has 1 aliphatic carbocycles. The summed E-state index contributed by atoms with van der Waals surface area (Å²) in [7, 11) is 0. The molecule has 0 spiro atoms. The van der Waals surface area contributed by atoms with Crippen molar-refractivity contribution in [2.24, 2.45) is 17.6 Å². The Morgan fingerprint density at radius 2 is 1.85 bits per heavy atom. The fourth-order valence-electron chi connectivity index (χ4n) is 4.61. The van der Waals surface area contributed by atoms with E-state index < -0.39 is 0 Å². The third-order valence-corrected chi connectivity index (χ3v) is 5.95. The molecule has 0 bridgehead atoms. The van der Waals surface area contributed by atoms with Crippen LogP contribution in [0.5, 0.6) is 0 Å². The van der Waals surface area contributed by atoms with Gasteiger partial charge in [0.05, 0.1) is 5.56 Å². The maximum atomic E-state index is 13.2. The fourth-order valence-corrected chi connectivity index (χ4v) is 4.61. The van der Waals surface area contributed by atoms with E-state index in [-0.39, 0.29) is 30.2 Å². The van der Waals surface area contributed by atoms with Crippen molar-refractivity contribution in [1.29, 1.82) is 0 Å². The molecular weight excluding hydrogens is 353 g/mol. The Kier molecular flexibility index (Phi) is 5.13. The molecule has 1 aromatic heterocycles. The molecule has 0 radical (unpaired) electrons. The zero-order valence-electron chi connectivity index (χ0n) is 15.1. The van der Waals surface area contributed by atoms with Gasteiger partial charge >= 0.3 is 0 Å². The average Bonchev–Trinajstić information content (AvgIpc) is 3.24. The first-order valence-corrected chi connectivity index (χ1v) is 8.95. The number of hydrogen-bond donors (Lipinski definition) is 1. The summed E-state index contributed by atoms with van der Waals surface area (Å²) in [6, 6.07) is 8.53. The molecule has 2 aromatic rings. The number of rotatable bonds is 2. The molecule has 3 atom stereocenters. The van der Waals surface area contributed by atoms with Crippen LogP contribution < -0.4 is 5.73 Å². The summed E-state index contributed by atoms with van der Waals surface area (Å²) in [5.74, 6) is 0.828. The van der Waals surface area contributed by atoms with E-state index in [1.54, 1.807) is 12.1 Å². The zero-order chi connectivity index (χ0) is 17.7. The van der Waals surface area contributed by atoms with E-state index in [0.29, 0.717) is 11.8 Å². The minimum atomic E-state index is -0.262. The molecule has 2 N–H and O–H groups in total. The standard InChI is InChI=1S/C20H24FN3O.ClH/c1-12-9-17(13(2)24(12)16-6-4-15(21)5-7-16)20(25)23-10-14-3-8-19(22)18(14)11-23;/h4-7,9,14,18-19H,3,8,10-11,22H2,1-2H3;1H. The normalized spacial score (nSPS) is 24.5. The van der Waals surface area contributed by atoms with Crippen LogP contribution in [0.25, 0.3) is 5.69 Å². The maximum Gasteiger partial charge on any atom is 0.255 e. The van der Waals surface area contributed by atoms with Crippen molar-refractivity contribution in [2.45, 2.75) is 32.7 Å². The van der Waals surface area contributed by atoms with Gasteiger partial charge in [0.15, 0.2) is 0 Å². The smallest absolute Gasteiger partial charge is 0.255 e. The van der Waals surface area contributed by atoms with Gasteiger partial charge < -0.3 is 15.2 Å². The van der Waals surface area contributed by atoms with Gasteiger partial charge in [0, 0.05) is 36.2 Å². The van der Waals surface area contributed by atoms with Crippen molar-refractivity contribution in [1.82, 2.24) is 9.47 Å². The summed E-state index contributed by atoms with van der Waals surface area (Å²) in [6.07, 6.45) is 2.21. The van der Waals surface area contributed by atoms with Gasteiger partial charge in [0.25, 0.3) is 5.91 Å². The van der Waals surface area contributed by atoms with Gasteiger partial charge in [-0.15, -0.1) is 12.4 Å². The molecule has 1 saturated carbocycles. The lowest BCUT2D eigenvalue weighted by atomic mass is 9.98. The van der Waals surface area contributed by atoms with Crippen LogP contribution in [0.3, 0.4) is 0 Å². The van der Waals surface area contributed by atoms with Gasteiger partial charge in [-0.2, -0.15) is 0 Å². The van der Waals surface area contributed by atoms with Crippen LogP contribution in [0.1, 0.15) is 34.6 Å². The Morgan fingerprint density at radius 1 is 1.15 bits per heavy atom. The highest BCUT2D eigenvalue weighted by Gasteiger charge is 2.43. The van der Waals surface area contributed by atoms with E-state index in [4.69, 9.17) is 5.73 Å². The first-order chi connectivity index (χ1) is 12.0. The number of nitrogens with two attached hydrogens (primary N) is 1. The monoisotopic (exact) mass is 377 g/mol. The van der Waals surface area contributed by atoms with Crippen molar-refractivity contribution >= 4 is 18.3 Å². The number of hydrogen-bond acceptors (Lipinski definition) is 2. The Bertz CT molecular complexity index is 817. The number of amides is 1. The number of benzene rings is 1. The van der Waals surface area contributed by atoms with Crippen LogP contribution in [0.4, 0.5) is 4.39 Å². The van der Waals surface area contributed by atoms with Crippen LogP contribution in [0.15, 0.2) is 30.3 Å². The highest BCUT2D eigenvalue weighted by Crippen LogP contribution is 2.38. The number of aromatic nitrogens is 1.